The van der Waals surface area contributed by atoms with Crippen LogP contribution in [0.4, 0.5) is 0 Å². The number of aromatic nitrogens is 1. The molecule has 0 aliphatic carbocycles. The zero-order valence-corrected chi connectivity index (χ0v) is 17.8. The van der Waals surface area contributed by atoms with E-state index in [9.17, 15) is 5.11 Å². The third-order valence-electron chi connectivity index (χ3n) is 4.92. The van der Waals surface area contributed by atoms with E-state index in [-0.39, 0.29) is 5.88 Å². The largest absolute Gasteiger partial charge is 0.493 e. The van der Waals surface area contributed by atoms with Crippen LogP contribution in [-0.4, -0.2) is 46.4 Å². The molecular formula is C21H24N3O2S2+. The van der Waals surface area contributed by atoms with Crippen LogP contribution < -0.4 is 10.6 Å². The molecule has 1 fully saturated rings. The van der Waals surface area contributed by atoms with Gasteiger partial charge in [0.2, 0.25) is 5.88 Å². The summed E-state index contributed by atoms with van der Waals surface area (Å²) in [6, 6.07) is 6.30. The van der Waals surface area contributed by atoms with Crippen molar-refractivity contribution in [2.24, 2.45) is 4.99 Å². The lowest BCUT2D eigenvalue weighted by Gasteiger charge is -2.16. The van der Waals surface area contributed by atoms with E-state index in [1.165, 1.54) is 16.9 Å². The maximum Gasteiger partial charge on any atom is 0.326 e. The summed E-state index contributed by atoms with van der Waals surface area (Å²) in [6.45, 7) is 7.90. The second-order valence-electron chi connectivity index (χ2n) is 7.05. The summed E-state index contributed by atoms with van der Waals surface area (Å²) < 4.78 is 10.3. The molecule has 1 aromatic heterocycles. The molecule has 2 aliphatic heterocycles. The van der Waals surface area contributed by atoms with Crippen molar-refractivity contribution in [3.8, 4) is 5.88 Å². The second kappa shape index (κ2) is 8.11. The number of benzene rings is 1. The first kappa shape index (κ1) is 19.2. The van der Waals surface area contributed by atoms with Crippen LogP contribution in [0.3, 0.4) is 0 Å². The number of ether oxygens (including phenoxy) is 1. The van der Waals surface area contributed by atoms with Gasteiger partial charge in [0.1, 0.15) is 13.1 Å². The van der Waals surface area contributed by atoms with E-state index in [1.807, 2.05) is 6.08 Å². The number of rotatable bonds is 3. The SMILES string of the molecule is CCCn1c(O)c(/C=C2\C=c3cc(C)ccc3=NC2=[N+]2CCOCC2)sc1=S. The van der Waals surface area contributed by atoms with Crippen LogP contribution >= 0.6 is 23.6 Å². The molecule has 1 saturated heterocycles. The molecule has 1 N–H and O–H groups in total. The number of thiazole rings is 1. The molecule has 0 atom stereocenters. The number of aromatic hydroxyl groups is 1. The third kappa shape index (κ3) is 3.74. The van der Waals surface area contributed by atoms with E-state index in [4.69, 9.17) is 21.9 Å². The summed E-state index contributed by atoms with van der Waals surface area (Å²) in [6.07, 6.45) is 5.10. The highest BCUT2D eigenvalue weighted by Gasteiger charge is 2.24. The van der Waals surface area contributed by atoms with E-state index in [0.717, 1.165) is 52.9 Å². The maximum absolute atomic E-state index is 10.7. The Morgan fingerprint density at radius 2 is 2.14 bits per heavy atom. The van der Waals surface area contributed by atoms with Gasteiger partial charge in [-0.2, -0.15) is 0 Å². The van der Waals surface area contributed by atoms with Crippen LogP contribution in [-0.2, 0) is 11.3 Å². The Hall–Kier alpha value is -2.09. The Labute approximate surface area is 173 Å². The molecule has 7 heteroatoms. The Balaban J connectivity index is 1.91. The van der Waals surface area contributed by atoms with Crippen molar-refractivity contribution in [1.82, 2.24) is 4.57 Å². The fourth-order valence-electron chi connectivity index (χ4n) is 3.51. The molecule has 146 valence electrons. The van der Waals surface area contributed by atoms with E-state index in [1.54, 1.807) is 4.57 Å². The fourth-order valence-corrected chi connectivity index (χ4v) is 4.82. The summed E-state index contributed by atoms with van der Waals surface area (Å²) in [5, 5.41) is 12.8. The predicted octanol–water partition coefficient (Wildman–Crippen LogP) is 2.64. The molecule has 1 aromatic carbocycles. The minimum atomic E-state index is 0.245. The van der Waals surface area contributed by atoms with Crippen LogP contribution in [0.25, 0.3) is 12.2 Å². The van der Waals surface area contributed by atoms with Crippen molar-refractivity contribution in [2.45, 2.75) is 26.8 Å². The highest BCUT2D eigenvalue weighted by atomic mass is 32.1. The van der Waals surface area contributed by atoms with Crippen molar-refractivity contribution in [3.63, 3.8) is 0 Å². The number of nitrogens with zero attached hydrogens (tertiary/aromatic N) is 3. The van der Waals surface area contributed by atoms with Gasteiger partial charge in [-0.3, -0.25) is 9.14 Å². The average molecular weight is 415 g/mol. The standard InChI is InChI=1S/C21H23N3O2S2/c1-3-6-24-20(25)18(28-21(24)27)13-16-12-15-11-14(2)4-5-17(15)22-19(16)23-7-9-26-10-8-23/h4-5,11-13H,3,6-10H2,1-2H3/p+1. The predicted molar refractivity (Wildman–Crippen MR) is 115 cm³/mol. The highest BCUT2D eigenvalue weighted by Crippen LogP contribution is 2.29. The van der Waals surface area contributed by atoms with Gasteiger partial charge in [0.15, 0.2) is 9.31 Å². The zero-order valence-electron chi connectivity index (χ0n) is 16.1. The van der Waals surface area contributed by atoms with Gasteiger partial charge >= 0.3 is 5.84 Å². The fraction of sp³-hybridized carbons (Fsp3) is 0.381. The van der Waals surface area contributed by atoms with Crippen molar-refractivity contribution in [1.29, 1.82) is 0 Å². The Morgan fingerprint density at radius 3 is 2.89 bits per heavy atom. The topological polar surface area (TPSA) is 49.8 Å². The Morgan fingerprint density at radius 1 is 1.36 bits per heavy atom. The zero-order chi connectivity index (χ0) is 19.7. The summed E-state index contributed by atoms with van der Waals surface area (Å²) in [5.74, 6) is 1.18. The molecule has 0 unspecified atom stereocenters. The molecule has 0 bridgehead atoms. The normalized spacial score (nSPS) is 18.0. The highest BCUT2D eigenvalue weighted by molar-refractivity contribution is 7.73. The van der Waals surface area contributed by atoms with Gasteiger partial charge in [-0.25, -0.2) is 0 Å². The number of amidine groups is 1. The van der Waals surface area contributed by atoms with Gasteiger partial charge in [0.05, 0.1) is 23.7 Å². The lowest BCUT2D eigenvalue weighted by Crippen LogP contribution is -2.38. The molecule has 28 heavy (non-hydrogen) atoms. The van der Waals surface area contributed by atoms with Gasteiger partial charge in [-0.05, 0) is 54.8 Å². The first-order chi connectivity index (χ1) is 13.6. The third-order valence-corrected chi connectivity index (χ3v) is 6.30. The van der Waals surface area contributed by atoms with E-state index in [2.05, 4.69) is 42.7 Å². The molecule has 3 heterocycles. The molecule has 0 spiro atoms. The molecule has 5 nitrogen and oxygen atoms in total. The average Bonchev–Trinajstić information content (AvgIpc) is 2.96. The molecule has 4 rings (SSSR count). The summed E-state index contributed by atoms with van der Waals surface area (Å²) in [4.78, 5) is 5.74. The molecule has 0 saturated carbocycles. The first-order valence-electron chi connectivity index (χ1n) is 9.58. The molecule has 0 radical (unpaired) electrons. The van der Waals surface area contributed by atoms with Gasteiger partial charge in [-0.1, -0.05) is 18.6 Å². The summed E-state index contributed by atoms with van der Waals surface area (Å²) >= 11 is 6.89. The van der Waals surface area contributed by atoms with Crippen LogP contribution in [0.1, 0.15) is 23.8 Å². The molecule has 0 amide bonds. The van der Waals surface area contributed by atoms with Crippen LogP contribution in [0.15, 0.2) is 28.8 Å². The van der Waals surface area contributed by atoms with Gasteiger partial charge in [0, 0.05) is 11.8 Å². The molecular weight excluding hydrogens is 390 g/mol. The van der Waals surface area contributed by atoms with E-state index in [0.29, 0.717) is 17.2 Å². The lowest BCUT2D eigenvalue weighted by molar-refractivity contribution is -0.549. The molecule has 2 aromatic rings. The van der Waals surface area contributed by atoms with Crippen molar-refractivity contribution in [3.05, 3.63) is 48.7 Å². The Kier molecular flexibility index (Phi) is 5.57. The van der Waals surface area contributed by atoms with E-state index < -0.39 is 0 Å². The summed E-state index contributed by atoms with van der Waals surface area (Å²) in [7, 11) is 0. The van der Waals surface area contributed by atoms with E-state index >= 15 is 0 Å². The van der Waals surface area contributed by atoms with Crippen LogP contribution in [0.5, 0.6) is 5.88 Å². The smallest absolute Gasteiger partial charge is 0.326 e. The van der Waals surface area contributed by atoms with Gasteiger partial charge in [0.25, 0.3) is 0 Å². The minimum Gasteiger partial charge on any atom is -0.493 e. The lowest BCUT2D eigenvalue weighted by atomic mass is 10.1. The van der Waals surface area contributed by atoms with Crippen LogP contribution in [0.2, 0.25) is 0 Å². The number of aryl methyl sites for hydroxylation is 1. The molecule has 2 aliphatic rings. The summed E-state index contributed by atoms with van der Waals surface area (Å²) in [5.41, 5.74) is 2.20. The quantitative estimate of drug-likeness (QED) is 0.621. The number of hydrogen-bond donors (Lipinski definition) is 1. The number of morpholine rings is 1. The van der Waals surface area contributed by atoms with Crippen molar-refractivity contribution >= 4 is 41.5 Å². The monoisotopic (exact) mass is 414 g/mol. The van der Waals surface area contributed by atoms with Crippen molar-refractivity contribution < 1.29 is 14.4 Å². The van der Waals surface area contributed by atoms with Crippen molar-refractivity contribution in [2.75, 3.05) is 26.3 Å². The first-order valence-corrected chi connectivity index (χ1v) is 10.8. The Bertz CT molecular complexity index is 1150. The second-order valence-corrected chi connectivity index (χ2v) is 8.72. The minimum absolute atomic E-state index is 0.245. The number of fused-ring (bicyclic) bond motifs is 1. The maximum atomic E-state index is 10.7. The van der Waals surface area contributed by atoms with Crippen LogP contribution in [0, 0.1) is 10.9 Å². The van der Waals surface area contributed by atoms with Gasteiger partial charge in [-0.15, -0.1) is 11.3 Å². The number of hydrogen-bond acceptors (Lipinski definition) is 4. The van der Waals surface area contributed by atoms with Gasteiger partial charge < -0.3 is 9.84 Å².